The third-order valence-electron chi connectivity index (χ3n) is 10.3. The van der Waals surface area contributed by atoms with Gasteiger partial charge in [0.25, 0.3) is 0 Å². The standard InChI is InChI=1S/C38H66NO6PS/c1-12-31(40)25-32(45-47(10,11)38(7,8)9)23-27(4)16-22-34-29(6)17-19-30-18-15-28(5)24-35(36(30)34)44-37(41)39-26-46(42-13-2,43-14-3)33-20-21-33/h15,17,19,27-29,32,34-36H,12-14,16,20-26H2,1-11H3,(H,39,41)/t27-,28+,29+,32?,34?,35+,36?/m1/s1. The van der Waals surface area contributed by atoms with E-state index in [1.165, 1.54) is 5.29 Å². The monoisotopic (exact) mass is 695 g/mol. The first kappa shape index (κ1) is 40.2. The number of alkyl carbamates (subject to hydrolysis) is 1. The van der Waals surface area contributed by atoms with Crippen molar-refractivity contribution in [1.29, 1.82) is 0 Å². The summed E-state index contributed by atoms with van der Waals surface area (Å²) in [5.74, 6) is 1.64. The summed E-state index contributed by atoms with van der Waals surface area (Å²) >= 11 is 0. The number of fused-ring (bicyclic) bond motifs is 1. The summed E-state index contributed by atoms with van der Waals surface area (Å²) in [6.07, 6.45) is 17.4. The Morgan fingerprint density at radius 2 is 1.77 bits per heavy atom. The molecule has 3 unspecified atom stereocenters. The number of ketones is 1. The highest BCUT2D eigenvalue weighted by Crippen LogP contribution is 2.56. The summed E-state index contributed by atoms with van der Waals surface area (Å²) < 4.78 is 25.5. The van der Waals surface area contributed by atoms with Gasteiger partial charge in [0.05, 0.1) is 25.6 Å². The van der Waals surface area contributed by atoms with Crippen molar-refractivity contribution in [2.75, 3.05) is 32.0 Å². The van der Waals surface area contributed by atoms with Crippen molar-refractivity contribution in [1.82, 2.24) is 5.32 Å². The van der Waals surface area contributed by atoms with Crippen LogP contribution >= 0.6 is 17.6 Å². The summed E-state index contributed by atoms with van der Waals surface area (Å²) in [4.78, 5) is 26.0. The molecule has 0 aliphatic heterocycles. The van der Waals surface area contributed by atoms with E-state index < -0.39 is 23.7 Å². The normalized spacial score (nSPS) is 26.1. The van der Waals surface area contributed by atoms with Gasteiger partial charge in [-0.15, -0.1) is 16.0 Å². The second-order valence-corrected chi connectivity index (χ2v) is 22.0. The number of Topliss-reactive ketones (excluding diaryl/α,β-unsaturated/α-hetero) is 1. The molecule has 0 aromatic rings. The van der Waals surface area contributed by atoms with Crippen molar-refractivity contribution in [3.8, 4) is 0 Å². The first-order valence-corrected chi connectivity index (χ1v) is 22.3. The SMILES string of the molecule is CCOP(CNC(=O)O[C@H]1C[C@@H](C)C=C=C2C=C[C@H](C)C(CC[C@@H](C)CC(CC(=O)CC)OS(C)(C)C(C)(C)C)C21)(OCC)=C1CC1. The lowest BCUT2D eigenvalue weighted by Crippen LogP contribution is -2.40. The van der Waals surface area contributed by atoms with Crippen LogP contribution in [0.2, 0.25) is 0 Å². The number of allylic oxidation sites excluding steroid dienone is 2. The van der Waals surface area contributed by atoms with Crippen molar-refractivity contribution in [2.24, 2.45) is 29.6 Å². The molecule has 3 aliphatic rings. The number of amides is 1. The van der Waals surface area contributed by atoms with Gasteiger partial charge in [0.15, 0.2) is 0 Å². The van der Waals surface area contributed by atoms with Crippen molar-refractivity contribution in [3.63, 3.8) is 0 Å². The van der Waals surface area contributed by atoms with Gasteiger partial charge in [-0.3, -0.25) is 4.79 Å². The molecule has 0 spiro atoms. The van der Waals surface area contributed by atoms with Crippen LogP contribution in [-0.4, -0.2) is 66.1 Å². The van der Waals surface area contributed by atoms with E-state index in [0.29, 0.717) is 50.1 Å². The summed E-state index contributed by atoms with van der Waals surface area (Å²) in [5, 5.41) is 4.36. The maximum atomic E-state index is 13.4. The number of hydrogen-bond donors (Lipinski definition) is 1. The molecule has 270 valence electrons. The summed E-state index contributed by atoms with van der Waals surface area (Å²) in [7, 11) is -3.62. The van der Waals surface area contributed by atoms with E-state index in [4.69, 9.17) is 18.0 Å². The molecule has 0 radical (unpaired) electrons. The maximum absolute atomic E-state index is 13.4. The molecule has 1 N–H and O–H groups in total. The molecule has 0 aromatic heterocycles. The van der Waals surface area contributed by atoms with Gasteiger partial charge in [-0.05, 0) is 93.5 Å². The first-order chi connectivity index (χ1) is 22.1. The van der Waals surface area contributed by atoms with Crippen LogP contribution in [0.25, 0.3) is 0 Å². The maximum Gasteiger partial charge on any atom is 0.407 e. The predicted molar refractivity (Wildman–Crippen MR) is 200 cm³/mol. The van der Waals surface area contributed by atoms with Crippen molar-refractivity contribution in [3.05, 3.63) is 29.5 Å². The Bertz CT molecular complexity index is 1210. The molecule has 1 saturated carbocycles. The number of carbonyl (C=O) groups is 2. The van der Waals surface area contributed by atoms with E-state index in [0.717, 1.165) is 44.1 Å². The lowest BCUT2D eigenvalue weighted by molar-refractivity contribution is -0.120. The molecule has 0 heterocycles. The van der Waals surface area contributed by atoms with Gasteiger partial charge in [0, 0.05) is 29.1 Å². The second kappa shape index (κ2) is 17.6. The van der Waals surface area contributed by atoms with Gasteiger partial charge in [0.1, 0.15) is 19.2 Å². The van der Waals surface area contributed by atoms with Gasteiger partial charge < -0.3 is 23.3 Å². The average Bonchev–Trinajstić information content (AvgIpc) is 3.84. The molecule has 7 nitrogen and oxygen atoms in total. The minimum atomic E-state index is -2.26. The smallest absolute Gasteiger partial charge is 0.407 e. The van der Waals surface area contributed by atoms with E-state index >= 15 is 0 Å². The molecule has 7 atom stereocenters. The molecular formula is C38H66NO6PS. The minimum Gasteiger partial charge on any atom is -0.446 e. The predicted octanol–water partition coefficient (Wildman–Crippen LogP) is 9.82. The molecule has 3 aliphatic carbocycles. The minimum absolute atomic E-state index is 0.0355. The van der Waals surface area contributed by atoms with Crippen LogP contribution in [0.4, 0.5) is 4.79 Å². The van der Waals surface area contributed by atoms with E-state index in [2.05, 4.69) is 83.3 Å². The highest BCUT2D eigenvalue weighted by molar-refractivity contribution is 8.29. The summed E-state index contributed by atoms with van der Waals surface area (Å²) in [5.41, 5.74) is 4.72. The van der Waals surface area contributed by atoms with Gasteiger partial charge in [-0.2, -0.15) is 0 Å². The number of rotatable bonds is 17. The highest BCUT2D eigenvalue weighted by atomic mass is 32.3. The quantitative estimate of drug-likeness (QED) is 0.121. The van der Waals surface area contributed by atoms with E-state index in [1.807, 2.05) is 20.8 Å². The van der Waals surface area contributed by atoms with E-state index in [9.17, 15) is 9.59 Å². The topological polar surface area (TPSA) is 83.1 Å². The Balaban J connectivity index is 1.74. The van der Waals surface area contributed by atoms with E-state index in [-0.39, 0.29) is 34.6 Å². The van der Waals surface area contributed by atoms with Crippen molar-refractivity contribution >= 4 is 34.8 Å². The third kappa shape index (κ3) is 11.4. The second-order valence-electron chi connectivity index (χ2n) is 15.3. The molecular weight excluding hydrogens is 629 g/mol. The van der Waals surface area contributed by atoms with Crippen LogP contribution in [0.5, 0.6) is 0 Å². The number of nitrogens with one attached hydrogen (secondary N) is 1. The molecule has 0 saturated heterocycles. The van der Waals surface area contributed by atoms with Gasteiger partial charge in [0.2, 0.25) is 0 Å². The molecule has 3 rings (SSSR count). The fraction of sp³-hybridized carbons (Fsp3) is 0.789. The lowest BCUT2D eigenvalue weighted by atomic mass is 9.68. The van der Waals surface area contributed by atoms with Crippen LogP contribution in [0.15, 0.2) is 29.5 Å². The van der Waals surface area contributed by atoms with Crippen molar-refractivity contribution < 1.29 is 27.6 Å². The number of ether oxygens (including phenoxy) is 1. The summed E-state index contributed by atoms with van der Waals surface area (Å²) in [6, 6.07) is 0. The molecule has 1 amide bonds. The van der Waals surface area contributed by atoms with Gasteiger partial charge in [-0.25, -0.2) is 4.79 Å². The van der Waals surface area contributed by atoms with Gasteiger partial charge in [-0.1, -0.05) is 67.0 Å². The Labute approximate surface area is 288 Å². The van der Waals surface area contributed by atoms with Gasteiger partial charge >= 0.3 is 6.09 Å². The number of carbonyl (C=O) groups excluding carboxylic acids is 2. The molecule has 9 heteroatoms. The van der Waals surface area contributed by atoms with Crippen LogP contribution < -0.4 is 5.32 Å². The Morgan fingerprint density at radius 3 is 2.34 bits per heavy atom. The molecule has 0 bridgehead atoms. The lowest BCUT2D eigenvalue weighted by Gasteiger charge is -2.46. The van der Waals surface area contributed by atoms with Crippen LogP contribution in [-0.2, 0) is 22.8 Å². The zero-order chi connectivity index (χ0) is 35.0. The highest BCUT2D eigenvalue weighted by Gasteiger charge is 2.41. The molecule has 1 fully saturated rings. The zero-order valence-corrected chi connectivity index (χ0v) is 33.1. The Morgan fingerprint density at radius 1 is 1.11 bits per heavy atom. The average molecular weight is 696 g/mol. The van der Waals surface area contributed by atoms with Crippen molar-refractivity contribution in [2.45, 2.75) is 131 Å². The van der Waals surface area contributed by atoms with E-state index in [1.54, 1.807) is 0 Å². The van der Waals surface area contributed by atoms with Crippen LogP contribution in [0.1, 0.15) is 114 Å². The molecule has 47 heavy (non-hydrogen) atoms. The first-order valence-electron chi connectivity index (χ1n) is 18.1. The number of hydrogen-bond acceptors (Lipinski definition) is 6. The van der Waals surface area contributed by atoms with Crippen LogP contribution in [0.3, 0.4) is 0 Å². The Kier molecular flexibility index (Phi) is 15.0. The Hall–Kier alpha value is -1.27. The molecule has 0 aromatic carbocycles. The fourth-order valence-corrected chi connectivity index (χ4v) is 10.7. The third-order valence-corrected chi connectivity index (χ3v) is 17.3. The van der Waals surface area contributed by atoms with Crippen LogP contribution in [0, 0.1) is 29.6 Å². The largest absolute Gasteiger partial charge is 0.446 e. The summed E-state index contributed by atoms with van der Waals surface area (Å²) in [6.45, 7) is 20.5. The zero-order valence-electron chi connectivity index (χ0n) is 31.4. The fourth-order valence-electron chi connectivity index (χ4n) is 6.74.